The first-order chi connectivity index (χ1) is 11.1. The SMILES string of the molecule is CC(=O)OC(COc1ccccc1O)COc1ccccc1O. The van der Waals surface area contributed by atoms with Crippen LogP contribution in [0.15, 0.2) is 48.5 Å². The van der Waals surface area contributed by atoms with Crippen LogP contribution in [0.5, 0.6) is 23.0 Å². The summed E-state index contributed by atoms with van der Waals surface area (Å²) in [5, 5.41) is 19.3. The highest BCUT2D eigenvalue weighted by molar-refractivity contribution is 5.66. The minimum atomic E-state index is -0.688. The molecular formula is C17H18O6. The number of phenols is 2. The van der Waals surface area contributed by atoms with Crippen molar-refractivity contribution in [2.75, 3.05) is 13.2 Å². The minimum Gasteiger partial charge on any atom is -0.504 e. The average molecular weight is 318 g/mol. The number of rotatable bonds is 7. The molecule has 6 heteroatoms. The van der Waals surface area contributed by atoms with Gasteiger partial charge in [-0.3, -0.25) is 4.79 Å². The maximum absolute atomic E-state index is 11.2. The molecule has 0 unspecified atom stereocenters. The van der Waals surface area contributed by atoms with Crippen LogP contribution >= 0.6 is 0 Å². The summed E-state index contributed by atoms with van der Waals surface area (Å²) < 4.78 is 16.0. The second-order valence-electron chi connectivity index (χ2n) is 4.79. The maximum atomic E-state index is 11.2. The van der Waals surface area contributed by atoms with Crippen LogP contribution in [0.25, 0.3) is 0 Å². The van der Waals surface area contributed by atoms with Crippen LogP contribution in [-0.4, -0.2) is 35.5 Å². The van der Waals surface area contributed by atoms with Crippen LogP contribution in [0, 0.1) is 0 Å². The Kier molecular flexibility index (Phi) is 5.68. The third-order valence-electron chi connectivity index (χ3n) is 2.91. The van der Waals surface area contributed by atoms with Crippen LogP contribution in [-0.2, 0) is 9.53 Å². The lowest BCUT2D eigenvalue weighted by molar-refractivity contribution is -0.149. The number of ether oxygens (including phenoxy) is 3. The molecule has 122 valence electrons. The van der Waals surface area contributed by atoms with Crippen LogP contribution in [0.4, 0.5) is 0 Å². The number of esters is 1. The lowest BCUT2D eigenvalue weighted by Crippen LogP contribution is -2.30. The molecule has 0 saturated carbocycles. The van der Waals surface area contributed by atoms with Gasteiger partial charge in [0.1, 0.15) is 13.2 Å². The Balaban J connectivity index is 1.95. The first-order valence-electron chi connectivity index (χ1n) is 7.05. The molecule has 2 rings (SSSR count). The summed E-state index contributed by atoms with van der Waals surface area (Å²) in [4.78, 5) is 11.2. The predicted molar refractivity (Wildman–Crippen MR) is 82.8 cm³/mol. The predicted octanol–water partition coefficient (Wildman–Crippen LogP) is 2.49. The molecule has 0 radical (unpaired) electrons. The van der Waals surface area contributed by atoms with E-state index in [1.807, 2.05) is 0 Å². The lowest BCUT2D eigenvalue weighted by atomic mass is 10.3. The molecule has 0 heterocycles. The molecule has 0 saturated heterocycles. The summed E-state index contributed by atoms with van der Waals surface area (Å²) in [6, 6.07) is 13.0. The van der Waals surface area contributed by atoms with Crippen LogP contribution in [0.2, 0.25) is 0 Å². The van der Waals surface area contributed by atoms with E-state index in [0.717, 1.165) is 0 Å². The van der Waals surface area contributed by atoms with E-state index in [9.17, 15) is 15.0 Å². The highest BCUT2D eigenvalue weighted by atomic mass is 16.6. The van der Waals surface area contributed by atoms with Crippen molar-refractivity contribution in [3.8, 4) is 23.0 Å². The summed E-state index contributed by atoms with van der Waals surface area (Å²) in [6.07, 6.45) is -0.688. The fourth-order valence-electron chi connectivity index (χ4n) is 1.87. The topological polar surface area (TPSA) is 85.2 Å². The number of carbonyl (C=O) groups excluding carboxylic acids is 1. The van der Waals surface area contributed by atoms with E-state index in [1.165, 1.54) is 19.1 Å². The molecule has 0 fully saturated rings. The number of aromatic hydroxyl groups is 2. The fourth-order valence-corrected chi connectivity index (χ4v) is 1.87. The zero-order chi connectivity index (χ0) is 16.7. The van der Waals surface area contributed by atoms with E-state index >= 15 is 0 Å². The average Bonchev–Trinajstić information content (AvgIpc) is 2.52. The van der Waals surface area contributed by atoms with Gasteiger partial charge in [-0.1, -0.05) is 24.3 Å². The third kappa shape index (κ3) is 5.10. The molecule has 2 N–H and O–H groups in total. The summed E-state index contributed by atoms with van der Waals surface area (Å²) in [5.41, 5.74) is 0. The van der Waals surface area contributed by atoms with Crippen LogP contribution in [0.1, 0.15) is 6.92 Å². The van der Waals surface area contributed by atoms with Crippen molar-refractivity contribution in [1.82, 2.24) is 0 Å². The third-order valence-corrected chi connectivity index (χ3v) is 2.91. The number of hydrogen-bond acceptors (Lipinski definition) is 6. The molecule has 2 aromatic carbocycles. The van der Waals surface area contributed by atoms with E-state index in [0.29, 0.717) is 0 Å². The van der Waals surface area contributed by atoms with Gasteiger partial charge in [0.15, 0.2) is 29.1 Å². The number of benzene rings is 2. The van der Waals surface area contributed by atoms with Gasteiger partial charge in [0, 0.05) is 6.92 Å². The molecule has 0 atom stereocenters. The van der Waals surface area contributed by atoms with Gasteiger partial charge >= 0.3 is 5.97 Å². The number of hydrogen-bond donors (Lipinski definition) is 2. The van der Waals surface area contributed by atoms with Crippen molar-refractivity contribution in [3.63, 3.8) is 0 Å². The Morgan fingerprint density at radius 1 is 0.913 bits per heavy atom. The molecule has 0 amide bonds. The van der Waals surface area contributed by atoms with Crippen LogP contribution in [0.3, 0.4) is 0 Å². The first kappa shape index (κ1) is 16.5. The molecular weight excluding hydrogens is 300 g/mol. The van der Waals surface area contributed by atoms with Gasteiger partial charge in [0.25, 0.3) is 0 Å². The Bertz CT molecular complexity index is 606. The normalized spacial score (nSPS) is 10.3. The summed E-state index contributed by atoms with van der Waals surface area (Å²) in [6.45, 7) is 1.29. The Morgan fingerprint density at radius 2 is 1.35 bits per heavy atom. The first-order valence-corrected chi connectivity index (χ1v) is 7.05. The second kappa shape index (κ2) is 7.93. The van der Waals surface area contributed by atoms with E-state index in [4.69, 9.17) is 14.2 Å². The zero-order valence-corrected chi connectivity index (χ0v) is 12.6. The number of carbonyl (C=O) groups is 1. The minimum absolute atomic E-state index is 0.00398. The molecule has 6 nitrogen and oxygen atoms in total. The number of phenolic OH excluding ortho intramolecular Hbond substituents is 2. The summed E-state index contributed by atoms with van der Waals surface area (Å²) in [7, 11) is 0. The zero-order valence-electron chi connectivity index (χ0n) is 12.6. The molecule has 0 aliphatic carbocycles. The van der Waals surface area contributed by atoms with Gasteiger partial charge in [-0.2, -0.15) is 0 Å². The highest BCUT2D eigenvalue weighted by Gasteiger charge is 2.16. The van der Waals surface area contributed by atoms with Gasteiger partial charge < -0.3 is 24.4 Å². The maximum Gasteiger partial charge on any atom is 0.303 e. The lowest BCUT2D eigenvalue weighted by Gasteiger charge is -2.19. The van der Waals surface area contributed by atoms with E-state index in [2.05, 4.69) is 0 Å². The standard InChI is InChI=1S/C17H18O6/c1-12(18)23-13(10-21-16-8-4-2-6-14(16)19)11-22-17-9-5-3-7-15(17)20/h2-9,13,19-20H,10-11H2,1H3. The Hall–Kier alpha value is -2.89. The van der Waals surface area contributed by atoms with Crippen molar-refractivity contribution in [2.24, 2.45) is 0 Å². The molecule has 0 aliphatic rings. The van der Waals surface area contributed by atoms with Gasteiger partial charge in [-0.25, -0.2) is 0 Å². The Labute approximate surface area is 133 Å². The molecule has 23 heavy (non-hydrogen) atoms. The van der Waals surface area contributed by atoms with Gasteiger partial charge in [-0.15, -0.1) is 0 Å². The van der Waals surface area contributed by atoms with E-state index < -0.39 is 12.1 Å². The molecule has 0 aliphatic heterocycles. The summed E-state index contributed by atoms with van der Waals surface area (Å²) in [5.74, 6) is 0.0857. The van der Waals surface area contributed by atoms with Crippen molar-refractivity contribution in [1.29, 1.82) is 0 Å². The van der Waals surface area contributed by atoms with Crippen molar-refractivity contribution >= 4 is 5.97 Å². The van der Waals surface area contributed by atoms with E-state index in [1.54, 1.807) is 36.4 Å². The summed E-state index contributed by atoms with van der Waals surface area (Å²) >= 11 is 0. The highest BCUT2D eigenvalue weighted by Crippen LogP contribution is 2.26. The monoisotopic (exact) mass is 318 g/mol. The smallest absolute Gasteiger partial charge is 0.303 e. The van der Waals surface area contributed by atoms with Crippen molar-refractivity contribution < 1.29 is 29.2 Å². The van der Waals surface area contributed by atoms with Gasteiger partial charge in [0.05, 0.1) is 0 Å². The van der Waals surface area contributed by atoms with Crippen molar-refractivity contribution in [3.05, 3.63) is 48.5 Å². The van der Waals surface area contributed by atoms with Crippen molar-refractivity contribution in [2.45, 2.75) is 13.0 Å². The molecule has 0 spiro atoms. The molecule has 0 bridgehead atoms. The van der Waals surface area contributed by atoms with Gasteiger partial charge in [-0.05, 0) is 24.3 Å². The van der Waals surface area contributed by atoms with E-state index in [-0.39, 0.29) is 36.2 Å². The Morgan fingerprint density at radius 3 is 1.74 bits per heavy atom. The quantitative estimate of drug-likeness (QED) is 0.763. The molecule has 2 aromatic rings. The molecule has 0 aromatic heterocycles. The van der Waals surface area contributed by atoms with Crippen LogP contribution < -0.4 is 9.47 Å². The number of para-hydroxylation sites is 4. The largest absolute Gasteiger partial charge is 0.504 e. The second-order valence-corrected chi connectivity index (χ2v) is 4.79. The van der Waals surface area contributed by atoms with Gasteiger partial charge in [0.2, 0.25) is 0 Å². The fraction of sp³-hybridized carbons (Fsp3) is 0.235.